The summed E-state index contributed by atoms with van der Waals surface area (Å²) < 4.78 is 5.80. The molecule has 1 fully saturated rings. The number of carbonyl (C=O) groups excluding carboxylic acids is 2. The van der Waals surface area contributed by atoms with Crippen molar-refractivity contribution >= 4 is 17.6 Å². The van der Waals surface area contributed by atoms with Crippen molar-refractivity contribution in [2.24, 2.45) is 0 Å². The maximum absolute atomic E-state index is 12.1. The number of nitrogens with one attached hydrogen (secondary N) is 1. The molecule has 0 saturated carbocycles. The van der Waals surface area contributed by atoms with Gasteiger partial charge in [-0.05, 0) is 18.1 Å². The molecule has 0 aliphatic carbocycles. The van der Waals surface area contributed by atoms with Gasteiger partial charge in [0.25, 0.3) is 0 Å². The molecule has 1 amide bonds. The van der Waals surface area contributed by atoms with E-state index in [1.54, 1.807) is 0 Å². The fourth-order valence-corrected chi connectivity index (χ4v) is 3.46. The van der Waals surface area contributed by atoms with Crippen LogP contribution in [-0.4, -0.2) is 11.9 Å². The number of cyclic esters (lactones) is 1. The molecule has 2 heterocycles. The highest BCUT2D eigenvalue weighted by molar-refractivity contribution is 5.94. The molecule has 1 atom stereocenters. The first-order valence-corrected chi connectivity index (χ1v) is 7.98. The van der Waals surface area contributed by atoms with E-state index in [9.17, 15) is 9.59 Å². The van der Waals surface area contributed by atoms with Crippen LogP contribution in [0.3, 0.4) is 0 Å². The predicted molar refractivity (Wildman–Crippen MR) is 90.5 cm³/mol. The zero-order chi connectivity index (χ0) is 16.7. The lowest BCUT2D eigenvalue weighted by Crippen LogP contribution is -2.28. The number of hydrogen-bond donors (Lipinski definition) is 1. The van der Waals surface area contributed by atoms with Crippen LogP contribution in [0.1, 0.15) is 29.5 Å². The van der Waals surface area contributed by atoms with Crippen LogP contribution in [0.5, 0.6) is 0 Å². The van der Waals surface area contributed by atoms with Gasteiger partial charge in [-0.2, -0.15) is 0 Å². The van der Waals surface area contributed by atoms with Gasteiger partial charge in [-0.1, -0.05) is 49.0 Å². The lowest BCUT2D eigenvalue weighted by atomic mass is 9.82. The summed E-state index contributed by atoms with van der Waals surface area (Å²) >= 11 is 0. The molecule has 4 nitrogen and oxygen atoms in total. The monoisotopic (exact) mass is 319 g/mol. The molecule has 1 unspecified atom stereocenters. The van der Waals surface area contributed by atoms with Gasteiger partial charge < -0.3 is 10.1 Å². The summed E-state index contributed by atoms with van der Waals surface area (Å²) in [4.78, 5) is 23.8. The van der Waals surface area contributed by atoms with Crippen LogP contribution in [0.15, 0.2) is 60.7 Å². The molecule has 1 N–H and O–H groups in total. The maximum Gasteiger partial charge on any atom is 0.334 e. The van der Waals surface area contributed by atoms with Crippen LogP contribution in [0.2, 0.25) is 0 Å². The number of carbonyl (C=O) groups is 2. The summed E-state index contributed by atoms with van der Waals surface area (Å²) in [6.07, 6.45) is 1.64. The van der Waals surface area contributed by atoms with E-state index in [1.165, 1.54) is 0 Å². The van der Waals surface area contributed by atoms with Crippen molar-refractivity contribution in [2.75, 3.05) is 5.32 Å². The molecule has 0 bridgehead atoms. The molecule has 24 heavy (non-hydrogen) atoms. The van der Waals surface area contributed by atoms with Gasteiger partial charge in [0.2, 0.25) is 5.91 Å². The minimum Gasteiger partial charge on any atom is -0.446 e. The smallest absolute Gasteiger partial charge is 0.334 e. The molecule has 4 rings (SSSR count). The van der Waals surface area contributed by atoms with E-state index >= 15 is 0 Å². The Balaban J connectivity index is 1.86. The first-order chi connectivity index (χ1) is 11.6. The van der Waals surface area contributed by atoms with E-state index in [1.807, 2.05) is 48.5 Å². The van der Waals surface area contributed by atoms with Crippen molar-refractivity contribution in [1.29, 1.82) is 0 Å². The second-order valence-corrected chi connectivity index (χ2v) is 6.28. The highest BCUT2D eigenvalue weighted by Crippen LogP contribution is 2.45. The first-order valence-electron chi connectivity index (χ1n) is 7.98. The average molecular weight is 319 g/mol. The number of anilines is 1. The maximum atomic E-state index is 12.1. The Morgan fingerprint density at radius 2 is 1.79 bits per heavy atom. The van der Waals surface area contributed by atoms with E-state index < -0.39 is 5.60 Å². The highest BCUT2D eigenvalue weighted by Gasteiger charge is 2.46. The zero-order valence-electron chi connectivity index (χ0n) is 13.2. The van der Waals surface area contributed by atoms with Gasteiger partial charge >= 0.3 is 5.97 Å². The van der Waals surface area contributed by atoms with Crippen LogP contribution in [0.4, 0.5) is 5.69 Å². The number of aryl methyl sites for hydroxylation is 1. The first kappa shape index (κ1) is 14.7. The van der Waals surface area contributed by atoms with Crippen molar-refractivity contribution in [3.63, 3.8) is 0 Å². The predicted octanol–water partition coefficient (Wildman–Crippen LogP) is 3.32. The quantitative estimate of drug-likeness (QED) is 0.682. The molecule has 2 aromatic carbocycles. The Morgan fingerprint density at radius 3 is 2.50 bits per heavy atom. The van der Waals surface area contributed by atoms with Crippen LogP contribution in [-0.2, 0) is 26.3 Å². The molecule has 2 aliphatic rings. The summed E-state index contributed by atoms with van der Waals surface area (Å²) in [6.45, 7) is 3.84. The summed E-state index contributed by atoms with van der Waals surface area (Å²) in [5, 5.41) is 2.91. The van der Waals surface area contributed by atoms with Gasteiger partial charge in [-0.25, -0.2) is 4.79 Å². The second kappa shape index (κ2) is 5.34. The van der Waals surface area contributed by atoms with Crippen molar-refractivity contribution in [3.05, 3.63) is 77.4 Å². The van der Waals surface area contributed by atoms with Crippen molar-refractivity contribution in [2.45, 2.75) is 24.9 Å². The summed E-state index contributed by atoms with van der Waals surface area (Å²) in [5.74, 6) is -0.359. The van der Waals surface area contributed by atoms with Crippen LogP contribution >= 0.6 is 0 Å². The molecule has 120 valence electrons. The van der Waals surface area contributed by atoms with Gasteiger partial charge in [-0.15, -0.1) is 0 Å². The number of amides is 1. The number of rotatable bonds is 2. The Morgan fingerprint density at radius 1 is 1.00 bits per heavy atom. The SMILES string of the molecule is C=C1CC(c2ccccc2)(c2ccc3c(c2)NC(=O)CC3)OC1=O. The number of benzene rings is 2. The molecule has 4 heteroatoms. The third-order valence-electron chi connectivity index (χ3n) is 4.73. The van der Waals surface area contributed by atoms with Crippen molar-refractivity contribution in [1.82, 2.24) is 0 Å². The van der Waals surface area contributed by atoms with E-state index in [2.05, 4.69) is 11.9 Å². The average Bonchev–Trinajstić information content (AvgIpc) is 2.91. The van der Waals surface area contributed by atoms with Crippen LogP contribution in [0, 0.1) is 0 Å². The van der Waals surface area contributed by atoms with Gasteiger partial charge in [-0.3, -0.25) is 4.79 Å². The van der Waals surface area contributed by atoms with Crippen LogP contribution in [0.25, 0.3) is 0 Å². The Kier molecular flexibility index (Phi) is 3.27. The Hall–Kier alpha value is -2.88. The fourth-order valence-electron chi connectivity index (χ4n) is 3.46. The number of hydrogen-bond acceptors (Lipinski definition) is 3. The molecule has 0 aromatic heterocycles. The Labute approximate surface area is 140 Å². The lowest BCUT2D eigenvalue weighted by molar-refractivity contribution is -0.144. The van der Waals surface area contributed by atoms with E-state index in [0.717, 1.165) is 28.8 Å². The topological polar surface area (TPSA) is 55.4 Å². The zero-order valence-corrected chi connectivity index (χ0v) is 13.2. The standard InChI is InChI=1S/C20H17NO3/c1-13-12-20(24-19(13)23,15-5-3-2-4-6-15)16-9-7-14-8-10-18(22)21-17(14)11-16/h2-7,9,11H,1,8,10,12H2,(H,21,22). The van der Waals surface area contributed by atoms with E-state index in [0.29, 0.717) is 18.4 Å². The molecule has 0 radical (unpaired) electrons. The molecule has 1 saturated heterocycles. The van der Waals surface area contributed by atoms with Crippen molar-refractivity contribution in [3.8, 4) is 0 Å². The van der Waals surface area contributed by atoms with E-state index in [-0.39, 0.29) is 11.9 Å². The number of fused-ring (bicyclic) bond motifs is 1. The van der Waals surface area contributed by atoms with Gasteiger partial charge in [0.15, 0.2) is 5.60 Å². The number of ether oxygens (including phenoxy) is 1. The third-order valence-corrected chi connectivity index (χ3v) is 4.73. The summed E-state index contributed by atoms with van der Waals surface area (Å²) in [7, 11) is 0. The van der Waals surface area contributed by atoms with Gasteiger partial charge in [0.05, 0.1) is 0 Å². The molecule has 2 aliphatic heterocycles. The van der Waals surface area contributed by atoms with Gasteiger partial charge in [0, 0.05) is 35.2 Å². The lowest BCUT2D eigenvalue weighted by Gasteiger charge is -2.30. The van der Waals surface area contributed by atoms with Gasteiger partial charge in [0.1, 0.15) is 0 Å². The largest absolute Gasteiger partial charge is 0.446 e. The highest BCUT2D eigenvalue weighted by atomic mass is 16.6. The molecular formula is C20H17NO3. The van der Waals surface area contributed by atoms with E-state index in [4.69, 9.17) is 4.74 Å². The third kappa shape index (κ3) is 2.22. The minimum absolute atomic E-state index is 0.0150. The Bertz CT molecular complexity index is 838. The summed E-state index contributed by atoms with van der Waals surface area (Å²) in [5.41, 5.74) is 3.23. The second-order valence-electron chi connectivity index (χ2n) is 6.28. The van der Waals surface area contributed by atoms with Crippen molar-refractivity contribution < 1.29 is 14.3 Å². The minimum atomic E-state index is -0.882. The molecular weight excluding hydrogens is 302 g/mol. The number of esters is 1. The molecule has 0 spiro atoms. The summed E-state index contributed by atoms with van der Waals surface area (Å²) in [6, 6.07) is 15.6. The molecule has 2 aromatic rings. The fraction of sp³-hybridized carbons (Fsp3) is 0.200. The van der Waals surface area contributed by atoms with Crippen LogP contribution < -0.4 is 5.32 Å². The normalized spacial score (nSPS) is 22.8.